The second-order valence-corrected chi connectivity index (χ2v) is 8.32. The number of ether oxygens (including phenoxy) is 1. The summed E-state index contributed by atoms with van der Waals surface area (Å²) in [6.45, 7) is 1.76. The molecule has 3 N–H and O–H groups in total. The minimum atomic E-state index is -5.10. The first-order valence-corrected chi connectivity index (χ1v) is 10.4. The number of halogens is 3. The van der Waals surface area contributed by atoms with Gasteiger partial charge in [-0.15, -0.1) is 13.2 Å². The Morgan fingerprint density at radius 1 is 1.29 bits per heavy atom. The Bertz CT molecular complexity index is 1270. The van der Waals surface area contributed by atoms with Gasteiger partial charge in [0.25, 0.3) is 0 Å². The van der Waals surface area contributed by atoms with Gasteiger partial charge in [0.05, 0.1) is 21.6 Å². The molecule has 0 aliphatic heterocycles. The molecular formula is C17H16F3N5O4S2. The van der Waals surface area contributed by atoms with Gasteiger partial charge in [-0.25, -0.2) is 27.6 Å². The molecule has 0 atom stereocenters. The fourth-order valence-corrected chi connectivity index (χ4v) is 3.55. The molecule has 166 valence electrons. The van der Waals surface area contributed by atoms with Crippen molar-refractivity contribution in [1.82, 2.24) is 9.55 Å². The van der Waals surface area contributed by atoms with Gasteiger partial charge in [0.1, 0.15) is 11.5 Å². The molecule has 1 heterocycles. The summed E-state index contributed by atoms with van der Waals surface area (Å²) < 4.78 is 67.6. The number of carbonyl (C=O) groups is 1. The number of amides is 2. The molecule has 14 heteroatoms. The highest BCUT2D eigenvalue weighted by molar-refractivity contribution is 7.89. The zero-order valence-corrected chi connectivity index (χ0v) is 17.7. The van der Waals surface area contributed by atoms with E-state index in [0.29, 0.717) is 26.9 Å². The van der Waals surface area contributed by atoms with Crippen molar-refractivity contribution in [2.75, 3.05) is 9.62 Å². The third-order valence-corrected chi connectivity index (χ3v) is 5.57. The molecule has 9 nitrogen and oxygen atoms in total. The number of thiol groups is 1. The van der Waals surface area contributed by atoms with Gasteiger partial charge in [0.2, 0.25) is 10.0 Å². The van der Waals surface area contributed by atoms with E-state index in [1.54, 1.807) is 36.7 Å². The van der Waals surface area contributed by atoms with Crippen LogP contribution in [0.15, 0.2) is 41.3 Å². The fraction of sp³-hybridized carbons (Fsp3) is 0.176. The Kier molecular flexibility index (Phi) is 5.82. The minimum absolute atomic E-state index is 0.311. The molecule has 0 spiro atoms. The molecule has 31 heavy (non-hydrogen) atoms. The molecule has 0 unspecified atom stereocenters. The van der Waals surface area contributed by atoms with Crippen molar-refractivity contribution >= 4 is 51.3 Å². The van der Waals surface area contributed by atoms with Crippen LogP contribution in [0.5, 0.6) is 5.75 Å². The van der Waals surface area contributed by atoms with E-state index >= 15 is 0 Å². The standard InChI is InChI=1S/C17H16F3N5O4S2/c1-9-22-11-4-3-5-12(15(11)24(9)2)23-16(26)25(30)13-8-10(31(21,27)28)6-7-14(13)29-17(18,19)20/h3-8,30H,1-2H3,(H,23,26)(H2,21,27,28). The van der Waals surface area contributed by atoms with Crippen molar-refractivity contribution in [3.05, 3.63) is 42.2 Å². The summed E-state index contributed by atoms with van der Waals surface area (Å²) >= 11 is 3.95. The number of hydrogen-bond donors (Lipinski definition) is 3. The van der Waals surface area contributed by atoms with Gasteiger partial charge in [-0.05, 0) is 37.3 Å². The number of sulfonamides is 1. The summed E-state index contributed by atoms with van der Waals surface area (Å²) in [5.41, 5.74) is 0.879. The number of aryl methyl sites for hydroxylation is 2. The number of anilines is 2. The number of imidazole rings is 1. The molecule has 1 aromatic heterocycles. The first kappa shape index (κ1) is 22.7. The number of fused-ring (bicyclic) bond motifs is 1. The fourth-order valence-electron chi connectivity index (χ4n) is 2.81. The summed E-state index contributed by atoms with van der Waals surface area (Å²) in [7, 11) is -2.55. The topological polar surface area (TPSA) is 120 Å². The predicted octanol–water partition coefficient (Wildman–Crippen LogP) is 3.31. The molecule has 0 fully saturated rings. The van der Waals surface area contributed by atoms with E-state index in [9.17, 15) is 26.4 Å². The summed E-state index contributed by atoms with van der Waals surface area (Å²) in [4.78, 5) is 16.5. The quantitative estimate of drug-likeness (QED) is 0.500. The number of primary sulfonamides is 1. The summed E-state index contributed by atoms with van der Waals surface area (Å²) in [6, 6.07) is 6.24. The molecule has 0 radical (unpaired) electrons. The van der Waals surface area contributed by atoms with E-state index in [0.717, 1.165) is 18.2 Å². The van der Waals surface area contributed by atoms with Crippen molar-refractivity contribution in [2.45, 2.75) is 18.2 Å². The van der Waals surface area contributed by atoms with Crippen LogP contribution in [0.4, 0.5) is 29.3 Å². The first-order valence-electron chi connectivity index (χ1n) is 8.42. The van der Waals surface area contributed by atoms with E-state index in [1.807, 2.05) is 0 Å². The van der Waals surface area contributed by atoms with Gasteiger partial charge in [0, 0.05) is 7.05 Å². The molecule has 0 saturated heterocycles. The van der Waals surface area contributed by atoms with E-state index in [2.05, 4.69) is 27.9 Å². The maximum atomic E-state index is 12.8. The van der Waals surface area contributed by atoms with Crippen LogP contribution in [0.25, 0.3) is 11.0 Å². The molecule has 2 aromatic carbocycles. The molecule has 0 bridgehead atoms. The van der Waals surface area contributed by atoms with Crippen LogP contribution in [-0.2, 0) is 17.1 Å². The maximum absolute atomic E-state index is 12.8. The van der Waals surface area contributed by atoms with Crippen LogP contribution >= 0.6 is 12.8 Å². The number of benzene rings is 2. The lowest BCUT2D eigenvalue weighted by molar-refractivity contribution is -0.274. The normalized spacial score (nSPS) is 12.1. The minimum Gasteiger partial charge on any atom is -0.404 e. The van der Waals surface area contributed by atoms with Crippen LogP contribution in [0.1, 0.15) is 5.82 Å². The average molecular weight is 475 g/mol. The predicted molar refractivity (Wildman–Crippen MR) is 110 cm³/mol. The number of para-hydroxylation sites is 1. The Balaban J connectivity index is 2.01. The van der Waals surface area contributed by atoms with Gasteiger partial charge < -0.3 is 14.6 Å². The van der Waals surface area contributed by atoms with E-state index in [4.69, 9.17) is 5.14 Å². The molecule has 3 aromatic rings. The Labute approximate surface area is 180 Å². The van der Waals surface area contributed by atoms with Crippen molar-refractivity contribution in [2.24, 2.45) is 12.2 Å². The van der Waals surface area contributed by atoms with Gasteiger partial charge in [-0.3, -0.25) is 0 Å². The van der Waals surface area contributed by atoms with E-state index < -0.39 is 38.7 Å². The van der Waals surface area contributed by atoms with Gasteiger partial charge in [0.15, 0.2) is 5.75 Å². The number of hydrogen-bond acceptors (Lipinski definition) is 6. The highest BCUT2D eigenvalue weighted by Gasteiger charge is 2.34. The SMILES string of the molecule is Cc1nc2cccc(NC(=O)N(S)c3cc(S(N)(=O)=O)ccc3OC(F)(F)F)c2n1C. The van der Waals surface area contributed by atoms with E-state index in [-0.39, 0.29) is 0 Å². The summed E-state index contributed by atoms with van der Waals surface area (Å²) in [6.07, 6.45) is -5.10. The van der Waals surface area contributed by atoms with Crippen molar-refractivity contribution in [3.8, 4) is 5.75 Å². The Morgan fingerprint density at radius 2 is 1.97 bits per heavy atom. The molecule has 0 saturated carbocycles. The number of carbonyl (C=O) groups excluding carboxylic acids is 1. The average Bonchev–Trinajstić information content (AvgIpc) is 2.94. The van der Waals surface area contributed by atoms with Crippen LogP contribution in [0.3, 0.4) is 0 Å². The smallest absolute Gasteiger partial charge is 0.404 e. The largest absolute Gasteiger partial charge is 0.573 e. The van der Waals surface area contributed by atoms with Crippen molar-refractivity contribution in [3.63, 3.8) is 0 Å². The Morgan fingerprint density at radius 3 is 2.58 bits per heavy atom. The zero-order valence-electron chi connectivity index (χ0n) is 16.0. The number of nitrogens with zero attached hydrogens (tertiary/aromatic N) is 3. The zero-order chi connectivity index (χ0) is 23.1. The van der Waals surface area contributed by atoms with Gasteiger partial charge >= 0.3 is 12.4 Å². The molecule has 0 aliphatic rings. The highest BCUT2D eigenvalue weighted by atomic mass is 32.2. The van der Waals surface area contributed by atoms with Gasteiger partial charge in [-0.2, -0.15) is 0 Å². The number of nitrogens with two attached hydrogens (primary N) is 1. The molecule has 2 amide bonds. The number of alkyl halides is 3. The number of nitrogens with one attached hydrogen (secondary N) is 1. The molecular weight excluding hydrogens is 459 g/mol. The number of urea groups is 1. The lowest BCUT2D eigenvalue weighted by atomic mass is 10.2. The van der Waals surface area contributed by atoms with Crippen LogP contribution in [-0.4, -0.2) is 30.4 Å². The van der Waals surface area contributed by atoms with Crippen LogP contribution in [0.2, 0.25) is 0 Å². The monoisotopic (exact) mass is 475 g/mol. The maximum Gasteiger partial charge on any atom is 0.573 e. The van der Waals surface area contributed by atoms with E-state index in [1.165, 1.54) is 0 Å². The van der Waals surface area contributed by atoms with Crippen molar-refractivity contribution < 1.29 is 31.1 Å². The van der Waals surface area contributed by atoms with Crippen LogP contribution < -0.4 is 19.5 Å². The number of aromatic nitrogens is 2. The third-order valence-electron chi connectivity index (χ3n) is 4.26. The third kappa shape index (κ3) is 4.86. The summed E-state index contributed by atoms with van der Waals surface area (Å²) in [5.74, 6) is -0.180. The number of rotatable bonds is 4. The second kappa shape index (κ2) is 7.94. The van der Waals surface area contributed by atoms with Gasteiger partial charge in [-0.1, -0.05) is 18.9 Å². The highest BCUT2D eigenvalue weighted by Crippen LogP contribution is 2.36. The lowest BCUT2D eigenvalue weighted by Crippen LogP contribution is -2.29. The Hall–Kier alpha value is -2.97. The molecule has 0 aliphatic carbocycles. The summed E-state index contributed by atoms with van der Waals surface area (Å²) in [5, 5.41) is 7.56. The van der Waals surface area contributed by atoms with Crippen molar-refractivity contribution in [1.29, 1.82) is 0 Å². The second-order valence-electron chi connectivity index (χ2n) is 6.36. The molecule has 3 rings (SSSR count). The first-order chi connectivity index (χ1) is 14.3. The van der Waals surface area contributed by atoms with Crippen LogP contribution in [0, 0.1) is 6.92 Å². The lowest BCUT2D eigenvalue weighted by Gasteiger charge is -2.21.